The standard InChI is InChI=1S/C21H31N5O/c1-13-4-6-25-18(8-13)16-12-26-7-5-14-11-21(23,24-2)20(27-3)9-15(14)19(26)10-17(16)22/h4,6,8-9,11,16-17,19-20,24H,5,7,10,12,22-23H2,1-3H3/t16-,17-,19-,20?,21?/m0/s1. The summed E-state index contributed by atoms with van der Waals surface area (Å²) < 4.78 is 5.69. The lowest BCUT2D eigenvalue weighted by Gasteiger charge is -2.49. The number of pyridine rings is 1. The van der Waals surface area contributed by atoms with Crippen molar-refractivity contribution in [3.8, 4) is 0 Å². The van der Waals surface area contributed by atoms with Crippen LogP contribution in [-0.4, -0.2) is 61.0 Å². The van der Waals surface area contributed by atoms with Crippen molar-refractivity contribution in [1.82, 2.24) is 15.2 Å². The molecule has 0 amide bonds. The summed E-state index contributed by atoms with van der Waals surface area (Å²) in [4.78, 5) is 7.18. The van der Waals surface area contributed by atoms with E-state index in [0.29, 0.717) is 6.04 Å². The Morgan fingerprint density at radius 2 is 2.22 bits per heavy atom. The van der Waals surface area contributed by atoms with Gasteiger partial charge in [-0.2, -0.15) is 0 Å². The number of nitrogens with one attached hydrogen (secondary N) is 1. The van der Waals surface area contributed by atoms with E-state index >= 15 is 0 Å². The number of rotatable bonds is 3. The Labute approximate surface area is 161 Å². The van der Waals surface area contributed by atoms with Gasteiger partial charge in [0.05, 0.1) is 0 Å². The molecule has 0 radical (unpaired) electrons. The molecule has 4 rings (SSSR count). The Morgan fingerprint density at radius 3 is 2.93 bits per heavy atom. The van der Waals surface area contributed by atoms with E-state index in [1.54, 1.807) is 7.11 Å². The van der Waals surface area contributed by atoms with E-state index < -0.39 is 5.66 Å². The fraction of sp³-hybridized carbons (Fsp3) is 0.571. The third-order valence-electron chi connectivity index (χ3n) is 6.50. The first kappa shape index (κ1) is 18.8. The number of ether oxygens (including phenoxy) is 1. The maximum Gasteiger partial charge on any atom is 0.116 e. The van der Waals surface area contributed by atoms with Gasteiger partial charge in [-0.15, -0.1) is 0 Å². The fourth-order valence-electron chi connectivity index (χ4n) is 4.88. The summed E-state index contributed by atoms with van der Waals surface area (Å²) in [5, 5.41) is 3.21. The minimum atomic E-state index is -0.652. The lowest BCUT2D eigenvalue weighted by molar-refractivity contribution is 0.0706. The average Bonchev–Trinajstić information content (AvgIpc) is 2.67. The molecule has 3 heterocycles. The number of piperidine rings is 2. The first-order chi connectivity index (χ1) is 12.9. The molecule has 2 unspecified atom stereocenters. The average molecular weight is 370 g/mol. The molecule has 1 aromatic rings. The number of likely N-dealkylation sites (N-methyl/N-ethyl adjacent to an activating group) is 1. The lowest BCUT2D eigenvalue weighted by Crippen LogP contribution is -2.62. The molecule has 0 bridgehead atoms. The highest BCUT2D eigenvalue weighted by atomic mass is 16.5. The Hall–Kier alpha value is -1.57. The smallest absolute Gasteiger partial charge is 0.116 e. The molecule has 1 aromatic heterocycles. The quantitative estimate of drug-likeness (QED) is 0.690. The second-order valence-corrected chi connectivity index (χ2v) is 8.16. The SMILES string of the molecule is CNC1(N)C=C2CCN3C[C@H](c4cc(C)ccn4)[C@@H](N)C[C@H]3C2=CC1OC. The maximum absolute atomic E-state index is 6.65. The highest BCUT2D eigenvalue weighted by Crippen LogP contribution is 2.41. The zero-order valence-corrected chi connectivity index (χ0v) is 16.5. The van der Waals surface area contributed by atoms with Gasteiger partial charge in [0.1, 0.15) is 11.8 Å². The molecule has 0 spiro atoms. The molecule has 0 aromatic carbocycles. The Bertz CT molecular complexity index is 776. The van der Waals surface area contributed by atoms with Gasteiger partial charge in [-0.05, 0) is 67.8 Å². The molecule has 6 heteroatoms. The van der Waals surface area contributed by atoms with Crippen LogP contribution in [0, 0.1) is 6.92 Å². The van der Waals surface area contributed by atoms with E-state index in [0.717, 1.165) is 31.6 Å². The van der Waals surface area contributed by atoms with Crippen molar-refractivity contribution in [1.29, 1.82) is 0 Å². The van der Waals surface area contributed by atoms with Crippen LogP contribution in [0.5, 0.6) is 0 Å². The number of nitrogens with two attached hydrogens (primary N) is 2. The predicted octanol–water partition coefficient (Wildman–Crippen LogP) is 1.03. The number of methoxy groups -OCH3 is 1. The number of hydrogen-bond acceptors (Lipinski definition) is 6. The highest BCUT2D eigenvalue weighted by Gasteiger charge is 2.44. The fourth-order valence-corrected chi connectivity index (χ4v) is 4.88. The van der Waals surface area contributed by atoms with Crippen molar-refractivity contribution in [2.24, 2.45) is 11.5 Å². The van der Waals surface area contributed by atoms with Crippen molar-refractivity contribution in [3.63, 3.8) is 0 Å². The van der Waals surface area contributed by atoms with Crippen LogP contribution < -0.4 is 16.8 Å². The first-order valence-corrected chi connectivity index (χ1v) is 9.81. The summed E-state index contributed by atoms with van der Waals surface area (Å²) in [6, 6.07) is 4.64. The molecule has 0 saturated carbocycles. The van der Waals surface area contributed by atoms with Crippen LogP contribution in [0.3, 0.4) is 0 Å². The summed E-state index contributed by atoms with van der Waals surface area (Å²) in [5.41, 5.74) is 17.6. The summed E-state index contributed by atoms with van der Waals surface area (Å²) in [6.45, 7) is 4.09. The summed E-state index contributed by atoms with van der Waals surface area (Å²) >= 11 is 0. The summed E-state index contributed by atoms with van der Waals surface area (Å²) in [6.07, 6.45) is 8.01. The Kier molecular flexibility index (Phi) is 4.94. The topological polar surface area (TPSA) is 89.4 Å². The van der Waals surface area contributed by atoms with E-state index in [2.05, 4.69) is 40.3 Å². The number of aromatic nitrogens is 1. The Morgan fingerprint density at radius 1 is 1.41 bits per heavy atom. The summed E-state index contributed by atoms with van der Waals surface area (Å²) in [7, 11) is 3.60. The normalized spacial score (nSPS) is 36.5. The predicted molar refractivity (Wildman–Crippen MR) is 107 cm³/mol. The van der Waals surface area contributed by atoms with Gasteiger partial charge in [-0.1, -0.05) is 0 Å². The van der Waals surface area contributed by atoms with Crippen molar-refractivity contribution in [3.05, 3.63) is 52.9 Å². The largest absolute Gasteiger partial charge is 0.374 e. The van der Waals surface area contributed by atoms with E-state index in [9.17, 15) is 0 Å². The molecular weight excluding hydrogens is 338 g/mol. The molecule has 2 fully saturated rings. The molecule has 2 saturated heterocycles. The van der Waals surface area contributed by atoms with E-state index in [1.165, 1.54) is 16.7 Å². The third kappa shape index (κ3) is 3.26. The van der Waals surface area contributed by atoms with Crippen molar-refractivity contribution >= 4 is 0 Å². The van der Waals surface area contributed by atoms with E-state index in [1.807, 2.05) is 19.3 Å². The molecule has 3 aliphatic rings. The van der Waals surface area contributed by atoms with Crippen LogP contribution in [0.1, 0.15) is 30.0 Å². The number of aryl methyl sites for hydroxylation is 1. The number of nitrogens with zero attached hydrogens (tertiary/aromatic N) is 2. The first-order valence-electron chi connectivity index (χ1n) is 9.81. The van der Waals surface area contributed by atoms with E-state index in [-0.39, 0.29) is 18.1 Å². The zero-order valence-electron chi connectivity index (χ0n) is 16.5. The zero-order chi connectivity index (χ0) is 19.2. The van der Waals surface area contributed by atoms with Crippen LogP contribution in [0.15, 0.2) is 41.6 Å². The van der Waals surface area contributed by atoms with Crippen LogP contribution in [0.2, 0.25) is 0 Å². The number of fused-ring (bicyclic) bond motifs is 3. The van der Waals surface area contributed by atoms with Crippen molar-refractivity contribution in [2.75, 3.05) is 27.2 Å². The molecule has 5 N–H and O–H groups in total. The van der Waals surface area contributed by atoms with Gasteiger partial charge in [0, 0.05) is 50.1 Å². The van der Waals surface area contributed by atoms with Crippen molar-refractivity contribution in [2.45, 2.75) is 49.5 Å². The molecule has 1 aliphatic carbocycles. The molecule has 2 aliphatic heterocycles. The van der Waals surface area contributed by atoms with Gasteiger partial charge in [0.2, 0.25) is 0 Å². The second-order valence-electron chi connectivity index (χ2n) is 8.16. The maximum atomic E-state index is 6.65. The second kappa shape index (κ2) is 7.11. The van der Waals surface area contributed by atoms with Crippen LogP contribution in [-0.2, 0) is 4.74 Å². The lowest BCUT2D eigenvalue weighted by atomic mass is 9.75. The highest BCUT2D eigenvalue weighted by molar-refractivity contribution is 5.46. The molecular formula is C21H31N5O. The molecule has 5 atom stereocenters. The minimum Gasteiger partial charge on any atom is -0.374 e. The van der Waals surface area contributed by atoms with Gasteiger partial charge in [0.15, 0.2) is 0 Å². The van der Waals surface area contributed by atoms with Gasteiger partial charge >= 0.3 is 0 Å². The van der Waals surface area contributed by atoms with Gasteiger partial charge in [0.25, 0.3) is 0 Å². The van der Waals surface area contributed by atoms with Crippen molar-refractivity contribution < 1.29 is 4.74 Å². The minimum absolute atomic E-state index is 0.0932. The monoisotopic (exact) mass is 369 g/mol. The van der Waals surface area contributed by atoms with Crippen LogP contribution >= 0.6 is 0 Å². The molecule has 146 valence electrons. The van der Waals surface area contributed by atoms with Gasteiger partial charge in [-0.3, -0.25) is 15.2 Å². The van der Waals surface area contributed by atoms with Gasteiger partial charge in [-0.25, -0.2) is 0 Å². The van der Waals surface area contributed by atoms with Crippen LogP contribution in [0.25, 0.3) is 0 Å². The van der Waals surface area contributed by atoms with Gasteiger partial charge < -0.3 is 16.2 Å². The summed E-state index contributed by atoms with van der Waals surface area (Å²) in [5.74, 6) is 0.278. The molecule has 27 heavy (non-hydrogen) atoms. The molecule has 6 nitrogen and oxygen atoms in total. The van der Waals surface area contributed by atoms with Crippen LogP contribution in [0.4, 0.5) is 0 Å². The van der Waals surface area contributed by atoms with E-state index in [4.69, 9.17) is 16.2 Å². The third-order valence-corrected chi connectivity index (χ3v) is 6.50. The Balaban J connectivity index is 1.61. The number of hydrogen-bond donors (Lipinski definition) is 3.